The van der Waals surface area contributed by atoms with E-state index in [-0.39, 0.29) is 11.9 Å². The van der Waals surface area contributed by atoms with Gasteiger partial charge in [0.1, 0.15) is 0 Å². The predicted octanol–water partition coefficient (Wildman–Crippen LogP) is 10.9. The lowest BCUT2D eigenvalue weighted by Gasteiger charge is -2.23. The highest BCUT2D eigenvalue weighted by Gasteiger charge is 2.07. The number of ether oxygens (including phenoxy) is 2. The molecule has 0 amide bonds. The minimum Gasteiger partial charge on any atom is -0.466 e. The molecule has 0 atom stereocenters. The maximum atomic E-state index is 12.0. The molecule has 0 aliphatic heterocycles. The van der Waals surface area contributed by atoms with Crippen molar-refractivity contribution in [1.29, 1.82) is 0 Å². The zero-order valence-electron chi connectivity index (χ0n) is 31.6. The van der Waals surface area contributed by atoms with Gasteiger partial charge in [-0.05, 0) is 91.6 Å². The molecular formula is C40H80N2O4. The number of nitrogens with zero attached hydrogens (tertiary/aromatic N) is 2. The van der Waals surface area contributed by atoms with Crippen molar-refractivity contribution >= 4 is 11.9 Å². The molecule has 0 N–H and O–H groups in total. The highest BCUT2D eigenvalue weighted by Crippen LogP contribution is 2.12. The normalized spacial score (nSPS) is 11.5. The van der Waals surface area contributed by atoms with Gasteiger partial charge in [0.2, 0.25) is 0 Å². The van der Waals surface area contributed by atoms with E-state index in [1.165, 1.54) is 148 Å². The van der Waals surface area contributed by atoms with E-state index in [1.807, 2.05) is 0 Å². The zero-order chi connectivity index (χ0) is 33.8. The lowest BCUT2D eigenvalue weighted by Crippen LogP contribution is -2.28. The molecule has 0 spiro atoms. The zero-order valence-corrected chi connectivity index (χ0v) is 31.6. The predicted molar refractivity (Wildman–Crippen MR) is 198 cm³/mol. The molecule has 0 bridgehead atoms. The third kappa shape index (κ3) is 35.7. The largest absolute Gasteiger partial charge is 0.466 e. The van der Waals surface area contributed by atoms with Crippen molar-refractivity contribution in [2.24, 2.45) is 0 Å². The van der Waals surface area contributed by atoms with Gasteiger partial charge in [0, 0.05) is 12.8 Å². The number of esters is 2. The number of hydrogen-bond donors (Lipinski definition) is 0. The summed E-state index contributed by atoms with van der Waals surface area (Å²) >= 11 is 0. The summed E-state index contributed by atoms with van der Waals surface area (Å²) in [5.41, 5.74) is 0. The van der Waals surface area contributed by atoms with Crippen molar-refractivity contribution in [2.75, 3.05) is 53.5 Å². The van der Waals surface area contributed by atoms with Crippen LogP contribution in [-0.2, 0) is 19.1 Å². The number of carbonyl (C=O) groups is 2. The van der Waals surface area contributed by atoms with E-state index >= 15 is 0 Å². The van der Waals surface area contributed by atoms with Crippen LogP contribution in [0.4, 0.5) is 0 Å². The second-order valence-electron chi connectivity index (χ2n) is 14.1. The molecule has 274 valence electrons. The summed E-state index contributed by atoms with van der Waals surface area (Å²) in [4.78, 5) is 29.0. The molecule has 46 heavy (non-hydrogen) atoms. The maximum absolute atomic E-state index is 12.0. The summed E-state index contributed by atoms with van der Waals surface area (Å²) in [5.74, 6) is -0.0118. The third-order valence-corrected chi connectivity index (χ3v) is 9.06. The fraction of sp³-hybridized carbons (Fsp3) is 0.950. The Bertz CT molecular complexity index is 597. The van der Waals surface area contributed by atoms with Gasteiger partial charge in [-0.2, -0.15) is 0 Å². The highest BCUT2D eigenvalue weighted by molar-refractivity contribution is 5.69. The summed E-state index contributed by atoms with van der Waals surface area (Å²) in [5, 5.41) is 0. The monoisotopic (exact) mass is 653 g/mol. The molecule has 0 fully saturated rings. The first-order valence-corrected chi connectivity index (χ1v) is 20.2. The van der Waals surface area contributed by atoms with E-state index in [1.54, 1.807) is 0 Å². The van der Waals surface area contributed by atoms with Crippen LogP contribution in [0.25, 0.3) is 0 Å². The van der Waals surface area contributed by atoms with Crippen molar-refractivity contribution in [3.8, 4) is 0 Å². The molecule has 0 aliphatic rings. The lowest BCUT2D eigenvalue weighted by atomic mass is 10.1. The van der Waals surface area contributed by atoms with Crippen molar-refractivity contribution < 1.29 is 19.1 Å². The molecule has 0 aromatic heterocycles. The van der Waals surface area contributed by atoms with Crippen LogP contribution in [0.2, 0.25) is 0 Å². The molecule has 0 aromatic rings. The van der Waals surface area contributed by atoms with Crippen LogP contribution in [0, 0.1) is 0 Å². The van der Waals surface area contributed by atoms with Gasteiger partial charge in [-0.1, -0.05) is 129 Å². The van der Waals surface area contributed by atoms with Crippen molar-refractivity contribution in [1.82, 2.24) is 9.80 Å². The lowest BCUT2D eigenvalue weighted by molar-refractivity contribution is -0.144. The Morgan fingerprint density at radius 3 is 1.09 bits per heavy atom. The van der Waals surface area contributed by atoms with Gasteiger partial charge in [-0.15, -0.1) is 0 Å². The van der Waals surface area contributed by atoms with Crippen LogP contribution >= 0.6 is 0 Å². The summed E-state index contributed by atoms with van der Waals surface area (Å²) in [6.45, 7) is 10.4. The summed E-state index contributed by atoms with van der Waals surface area (Å²) < 4.78 is 10.9. The highest BCUT2D eigenvalue weighted by atomic mass is 16.5. The van der Waals surface area contributed by atoms with E-state index in [0.717, 1.165) is 45.1 Å². The van der Waals surface area contributed by atoms with Gasteiger partial charge < -0.3 is 19.3 Å². The van der Waals surface area contributed by atoms with E-state index in [2.05, 4.69) is 37.7 Å². The summed E-state index contributed by atoms with van der Waals surface area (Å²) in [7, 11) is 4.31. The van der Waals surface area contributed by atoms with Crippen LogP contribution < -0.4 is 0 Å². The number of hydrogen-bond acceptors (Lipinski definition) is 6. The molecule has 0 radical (unpaired) electrons. The standard InChI is InChI=1S/C40H80N2O4/c1-5-7-9-11-13-21-29-37-45-39(43)31-23-17-15-19-25-34-42(36-28-27-33-41(3)4)35-26-20-16-18-24-32-40(44)46-38-30-22-14-12-10-8-6-2/h5-38H2,1-4H3. The van der Waals surface area contributed by atoms with Crippen LogP contribution in [0.3, 0.4) is 0 Å². The summed E-state index contributed by atoms with van der Waals surface area (Å²) in [6.07, 6.45) is 32.7. The van der Waals surface area contributed by atoms with E-state index in [9.17, 15) is 9.59 Å². The molecule has 0 heterocycles. The van der Waals surface area contributed by atoms with Crippen LogP contribution in [0.15, 0.2) is 0 Å². The second kappa shape index (κ2) is 36.7. The van der Waals surface area contributed by atoms with E-state index in [4.69, 9.17) is 9.47 Å². The molecule has 0 unspecified atom stereocenters. The van der Waals surface area contributed by atoms with Crippen LogP contribution in [0.5, 0.6) is 0 Å². The first-order chi connectivity index (χ1) is 22.5. The van der Waals surface area contributed by atoms with Gasteiger partial charge in [-0.25, -0.2) is 0 Å². The Balaban J connectivity index is 3.86. The van der Waals surface area contributed by atoms with Crippen molar-refractivity contribution in [3.63, 3.8) is 0 Å². The van der Waals surface area contributed by atoms with E-state index in [0.29, 0.717) is 26.1 Å². The van der Waals surface area contributed by atoms with Crippen molar-refractivity contribution in [2.45, 2.75) is 194 Å². The molecule has 0 rings (SSSR count). The second-order valence-corrected chi connectivity index (χ2v) is 14.1. The van der Waals surface area contributed by atoms with Crippen LogP contribution in [0.1, 0.15) is 194 Å². The average Bonchev–Trinajstić information content (AvgIpc) is 3.04. The van der Waals surface area contributed by atoms with Gasteiger partial charge in [0.05, 0.1) is 13.2 Å². The molecule has 0 aromatic carbocycles. The smallest absolute Gasteiger partial charge is 0.305 e. The average molecular weight is 653 g/mol. The molecule has 0 saturated heterocycles. The fourth-order valence-corrected chi connectivity index (χ4v) is 6.00. The molecule has 0 aliphatic carbocycles. The Morgan fingerprint density at radius 1 is 0.391 bits per heavy atom. The third-order valence-electron chi connectivity index (χ3n) is 9.06. The number of unbranched alkanes of at least 4 members (excludes halogenated alkanes) is 21. The van der Waals surface area contributed by atoms with Crippen LogP contribution in [-0.4, -0.2) is 75.2 Å². The van der Waals surface area contributed by atoms with Crippen molar-refractivity contribution in [3.05, 3.63) is 0 Å². The van der Waals surface area contributed by atoms with Gasteiger partial charge in [0.15, 0.2) is 0 Å². The minimum atomic E-state index is -0.00591. The fourth-order valence-electron chi connectivity index (χ4n) is 6.00. The van der Waals surface area contributed by atoms with Gasteiger partial charge >= 0.3 is 11.9 Å². The molecule has 6 nitrogen and oxygen atoms in total. The first-order valence-electron chi connectivity index (χ1n) is 20.2. The Labute approximate surface area is 287 Å². The topological polar surface area (TPSA) is 59.1 Å². The maximum Gasteiger partial charge on any atom is 0.305 e. The minimum absolute atomic E-state index is 0.00591. The quantitative estimate of drug-likeness (QED) is 0.0492. The summed E-state index contributed by atoms with van der Waals surface area (Å²) in [6, 6.07) is 0. The Morgan fingerprint density at radius 2 is 0.696 bits per heavy atom. The van der Waals surface area contributed by atoms with Gasteiger partial charge in [-0.3, -0.25) is 9.59 Å². The molecular weight excluding hydrogens is 572 g/mol. The van der Waals surface area contributed by atoms with E-state index < -0.39 is 0 Å². The Kier molecular flexibility index (Phi) is 35.8. The first kappa shape index (κ1) is 44.9. The SMILES string of the molecule is CCCCCCCCCOC(=O)CCCCCCCN(CCCCCCCC(=O)OCCCCCCCCC)CCCCN(C)C. The molecule has 6 heteroatoms. The Hall–Kier alpha value is -1.14. The number of rotatable bonds is 37. The molecule has 0 saturated carbocycles. The number of carbonyl (C=O) groups excluding carboxylic acids is 2. The van der Waals surface area contributed by atoms with Gasteiger partial charge in [0.25, 0.3) is 0 Å².